The van der Waals surface area contributed by atoms with Crippen molar-refractivity contribution < 1.29 is 17.6 Å². The van der Waals surface area contributed by atoms with Crippen LogP contribution in [0.25, 0.3) is 0 Å². The topological polar surface area (TPSA) is 38.0 Å². The third-order valence-corrected chi connectivity index (χ3v) is 2.79. The molecule has 0 aliphatic carbocycles. The Morgan fingerprint density at radius 1 is 1.10 bits per heavy atom. The van der Waals surface area contributed by atoms with E-state index in [-0.39, 0.29) is 0 Å². The lowest BCUT2D eigenvalue weighted by molar-refractivity contribution is 0.431. The summed E-state index contributed by atoms with van der Waals surface area (Å²) in [6.45, 7) is 9.06. The summed E-state index contributed by atoms with van der Waals surface area (Å²) in [6.07, 6.45) is 3.89. The summed E-state index contributed by atoms with van der Waals surface area (Å²) in [6, 6.07) is 0. The van der Waals surface area contributed by atoms with E-state index in [4.69, 9.17) is 5.73 Å². The summed E-state index contributed by atoms with van der Waals surface area (Å²) in [5.41, 5.74) is 3.70. The van der Waals surface area contributed by atoms with Crippen molar-refractivity contribution >= 4 is 17.6 Å². The number of nitrogens with two attached hydrogens (primary N) is 1. The molecule has 0 atom stereocenters. The van der Waals surface area contributed by atoms with Gasteiger partial charge in [-0.1, -0.05) is 12.2 Å². The molecular weight excluding hydrogens is 292 g/mol. The lowest BCUT2D eigenvalue weighted by Crippen LogP contribution is -2.10. The minimum atomic E-state index is -1.59. The van der Waals surface area contributed by atoms with E-state index in [0.29, 0.717) is 24.9 Å². The highest BCUT2D eigenvalue weighted by molar-refractivity contribution is 7.97. The van der Waals surface area contributed by atoms with Gasteiger partial charge in [0.1, 0.15) is 10.6 Å². The predicted octanol–water partition coefficient (Wildman–Crippen LogP) is 4.19. The normalized spacial score (nSPS) is 9.65. The Bertz CT molecular complexity index is 449. The van der Waals surface area contributed by atoms with Gasteiger partial charge in [0.25, 0.3) is 0 Å². The third-order valence-electron chi connectivity index (χ3n) is 1.88. The van der Waals surface area contributed by atoms with Gasteiger partial charge in [0.2, 0.25) is 0 Å². The van der Waals surface area contributed by atoms with Crippen LogP contribution in [0.4, 0.5) is 23.2 Å². The molecule has 0 saturated carbocycles. The molecule has 1 rings (SSSR count). The maximum Gasteiger partial charge on any atom is 0.186 e. The Morgan fingerprint density at radius 3 is 1.95 bits per heavy atom. The standard InChI is InChI=1S/C10H10F4N2S.C3H6/c1-2-3-4-16-17-10-7(13)5(11)9(15)6(12)8(10)14;1-3-2/h2,16H,1,3-4,15H2;3H,1H2,2H3. The van der Waals surface area contributed by atoms with Gasteiger partial charge in [0, 0.05) is 6.54 Å². The van der Waals surface area contributed by atoms with Crippen LogP contribution in [0, 0.1) is 23.3 Å². The Morgan fingerprint density at radius 2 is 1.55 bits per heavy atom. The number of rotatable bonds is 5. The van der Waals surface area contributed by atoms with Crippen molar-refractivity contribution in [1.82, 2.24) is 4.72 Å². The molecule has 1 aromatic rings. The molecular formula is C13H16F4N2S. The molecule has 0 heterocycles. The molecule has 0 aliphatic rings. The summed E-state index contributed by atoms with van der Waals surface area (Å²) < 4.78 is 55.2. The Hall–Kier alpha value is -1.47. The first kappa shape index (κ1) is 18.5. The van der Waals surface area contributed by atoms with E-state index in [9.17, 15) is 17.6 Å². The van der Waals surface area contributed by atoms with Gasteiger partial charge in [-0.05, 0) is 25.3 Å². The zero-order valence-electron chi connectivity index (χ0n) is 11.0. The van der Waals surface area contributed by atoms with Crippen molar-refractivity contribution in [2.75, 3.05) is 12.3 Å². The van der Waals surface area contributed by atoms with Crippen LogP contribution < -0.4 is 10.5 Å². The molecule has 0 amide bonds. The molecule has 0 radical (unpaired) electrons. The van der Waals surface area contributed by atoms with Crippen molar-refractivity contribution in [1.29, 1.82) is 0 Å². The summed E-state index contributed by atoms with van der Waals surface area (Å²) in [5, 5.41) is 0. The summed E-state index contributed by atoms with van der Waals surface area (Å²) >= 11 is 0.467. The molecule has 0 saturated heterocycles. The zero-order valence-corrected chi connectivity index (χ0v) is 11.8. The van der Waals surface area contributed by atoms with Crippen LogP contribution in [0.15, 0.2) is 30.2 Å². The molecule has 20 heavy (non-hydrogen) atoms. The van der Waals surface area contributed by atoms with Gasteiger partial charge in [-0.25, -0.2) is 17.6 Å². The zero-order chi connectivity index (χ0) is 15.7. The molecule has 0 aliphatic heterocycles. The van der Waals surface area contributed by atoms with Gasteiger partial charge in [-0.15, -0.1) is 13.2 Å². The SMILES string of the molecule is C=CC.C=CCCNSc1c(F)c(F)c(N)c(F)c1F. The Kier molecular flexibility index (Phi) is 8.74. The van der Waals surface area contributed by atoms with Crippen molar-refractivity contribution in [3.63, 3.8) is 0 Å². The first-order valence-electron chi connectivity index (χ1n) is 5.61. The third kappa shape index (κ3) is 4.90. The van der Waals surface area contributed by atoms with Gasteiger partial charge in [-0.3, -0.25) is 4.72 Å². The molecule has 0 unspecified atom stereocenters. The second kappa shape index (κ2) is 9.44. The van der Waals surface area contributed by atoms with Gasteiger partial charge in [-0.2, -0.15) is 0 Å². The summed E-state index contributed by atoms with van der Waals surface area (Å²) in [4.78, 5) is -0.779. The first-order chi connectivity index (χ1) is 9.42. The van der Waals surface area contributed by atoms with E-state index >= 15 is 0 Å². The van der Waals surface area contributed by atoms with Crippen LogP contribution in [0.5, 0.6) is 0 Å². The number of benzene rings is 1. The maximum absolute atomic E-state index is 13.3. The highest BCUT2D eigenvalue weighted by Gasteiger charge is 2.23. The molecule has 0 spiro atoms. The molecule has 0 fully saturated rings. The van der Waals surface area contributed by atoms with Crippen LogP contribution in [0.2, 0.25) is 0 Å². The summed E-state index contributed by atoms with van der Waals surface area (Å²) in [7, 11) is 0. The smallest absolute Gasteiger partial charge is 0.186 e. The van der Waals surface area contributed by atoms with E-state index in [1.54, 1.807) is 12.2 Å². The number of hydrogen-bond acceptors (Lipinski definition) is 3. The van der Waals surface area contributed by atoms with E-state index in [0.717, 1.165) is 0 Å². The minimum absolute atomic E-state index is 0.362. The van der Waals surface area contributed by atoms with Crippen LogP contribution in [0.1, 0.15) is 13.3 Å². The van der Waals surface area contributed by atoms with E-state index < -0.39 is 33.9 Å². The number of halogens is 4. The molecule has 0 bridgehead atoms. The minimum Gasteiger partial charge on any atom is -0.394 e. The largest absolute Gasteiger partial charge is 0.394 e. The fourth-order valence-electron chi connectivity index (χ4n) is 1.00. The quantitative estimate of drug-likeness (QED) is 0.214. The Labute approximate surface area is 119 Å². The number of hydrogen-bond donors (Lipinski definition) is 2. The first-order valence-corrected chi connectivity index (χ1v) is 6.42. The fraction of sp³-hybridized carbons (Fsp3) is 0.231. The number of allylic oxidation sites excluding steroid dienone is 1. The van der Waals surface area contributed by atoms with Crippen LogP contribution in [0.3, 0.4) is 0 Å². The lowest BCUT2D eigenvalue weighted by atomic mass is 10.2. The second-order valence-electron chi connectivity index (χ2n) is 3.48. The molecule has 7 heteroatoms. The predicted molar refractivity (Wildman–Crippen MR) is 75.2 cm³/mol. The second-order valence-corrected chi connectivity index (χ2v) is 4.38. The van der Waals surface area contributed by atoms with E-state index in [1.165, 1.54) is 0 Å². The molecule has 3 N–H and O–H groups in total. The summed E-state index contributed by atoms with van der Waals surface area (Å²) in [5.74, 6) is -6.18. The average Bonchev–Trinajstić information content (AvgIpc) is 2.43. The van der Waals surface area contributed by atoms with Crippen LogP contribution in [-0.4, -0.2) is 6.54 Å². The monoisotopic (exact) mass is 308 g/mol. The fourth-order valence-corrected chi connectivity index (χ4v) is 1.72. The van der Waals surface area contributed by atoms with E-state index in [2.05, 4.69) is 17.9 Å². The number of nitrogens with one attached hydrogen (secondary N) is 1. The number of anilines is 1. The Balaban J connectivity index is 0.00000110. The van der Waals surface area contributed by atoms with Gasteiger partial charge < -0.3 is 5.73 Å². The highest BCUT2D eigenvalue weighted by Crippen LogP contribution is 2.31. The maximum atomic E-state index is 13.3. The van der Waals surface area contributed by atoms with Crippen molar-refractivity contribution in [3.8, 4) is 0 Å². The molecule has 2 nitrogen and oxygen atoms in total. The van der Waals surface area contributed by atoms with Crippen molar-refractivity contribution in [3.05, 3.63) is 48.6 Å². The van der Waals surface area contributed by atoms with Gasteiger partial charge in [0.15, 0.2) is 23.3 Å². The molecule has 1 aromatic carbocycles. The highest BCUT2D eigenvalue weighted by atomic mass is 32.2. The lowest BCUT2D eigenvalue weighted by Gasteiger charge is -2.09. The van der Waals surface area contributed by atoms with Gasteiger partial charge >= 0.3 is 0 Å². The van der Waals surface area contributed by atoms with Crippen LogP contribution >= 0.6 is 11.9 Å². The van der Waals surface area contributed by atoms with Gasteiger partial charge in [0.05, 0.1) is 0 Å². The van der Waals surface area contributed by atoms with E-state index in [1.807, 2.05) is 6.92 Å². The molecule has 112 valence electrons. The van der Waals surface area contributed by atoms with Crippen molar-refractivity contribution in [2.45, 2.75) is 18.2 Å². The average molecular weight is 308 g/mol. The van der Waals surface area contributed by atoms with Crippen LogP contribution in [-0.2, 0) is 0 Å². The van der Waals surface area contributed by atoms with Crippen molar-refractivity contribution in [2.24, 2.45) is 0 Å². The number of nitrogen functional groups attached to an aromatic ring is 1. The molecule has 0 aromatic heterocycles.